The van der Waals surface area contributed by atoms with Gasteiger partial charge in [-0.15, -0.1) is 39.5 Å². The molecule has 3 unspecified atom stereocenters. The maximum absolute atomic E-state index is 11.2. The number of carboxylic acid groups (broad SMARTS) is 1. The second kappa shape index (κ2) is 16.1. The minimum Gasteiger partial charge on any atom is -0.465 e. The molecule has 0 aliphatic heterocycles. The van der Waals surface area contributed by atoms with Gasteiger partial charge in [-0.25, -0.2) is 24.9 Å². The molecule has 194 valence electrons. The molecule has 0 bridgehead atoms. The fourth-order valence-corrected chi connectivity index (χ4v) is 12.1. The van der Waals surface area contributed by atoms with Crippen LogP contribution < -0.4 is 5.32 Å². The first-order valence-corrected chi connectivity index (χ1v) is 17.0. The van der Waals surface area contributed by atoms with E-state index in [4.69, 9.17) is 0 Å². The van der Waals surface area contributed by atoms with Gasteiger partial charge >= 0.3 is 6.09 Å². The fourth-order valence-electron chi connectivity index (χ4n) is 5.62. The molecule has 1 aliphatic rings. The number of nitrogens with one attached hydrogen (secondary N) is 1. The summed E-state index contributed by atoms with van der Waals surface area (Å²) in [4.78, 5) is 11.2. The molecule has 2 N–H and O–H groups in total. The highest BCUT2D eigenvalue weighted by atomic mass is 32.3. The van der Waals surface area contributed by atoms with E-state index in [9.17, 15) is 9.90 Å². The number of hydrogen-bond acceptors (Lipinski definition) is 1. The Labute approximate surface area is 212 Å². The quantitative estimate of drug-likeness (QED) is 0.169. The molecular weight excluding hydrogens is 458 g/mol. The molecule has 1 fully saturated rings. The van der Waals surface area contributed by atoms with Crippen molar-refractivity contribution in [1.29, 1.82) is 0 Å². The highest BCUT2D eigenvalue weighted by Crippen LogP contribution is 2.53. The van der Waals surface area contributed by atoms with Crippen molar-refractivity contribution in [3.8, 4) is 0 Å². The molecule has 0 aromatic heterocycles. The second-order valence-corrected chi connectivity index (χ2v) is 17.4. The van der Waals surface area contributed by atoms with Crippen LogP contribution in [-0.4, -0.2) is 63.8 Å². The molecule has 0 radical (unpaired) electrons. The van der Waals surface area contributed by atoms with E-state index in [0.717, 1.165) is 47.4 Å². The average Bonchev–Trinajstić information content (AvgIpc) is 3.18. The van der Waals surface area contributed by atoms with Crippen LogP contribution in [0.25, 0.3) is 0 Å². The van der Waals surface area contributed by atoms with E-state index in [-0.39, 0.29) is 0 Å². The maximum Gasteiger partial charge on any atom is 0.404 e. The standard InChI is InChI=1S/C29H49NO2S2/c1-7-15-33(16-8-2,17-9-3)21-13-26-23-27(28(24-26)25-30-29(31)32)14-22-34(18-10-4,19-11-5)20-12-6/h7-12,26-28,30H,1-6,13-25H2,(H,31,32). The van der Waals surface area contributed by atoms with Crippen LogP contribution in [0, 0.1) is 17.8 Å². The average molecular weight is 508 g/mol. The van der Waals surface area contributed by atoms with Gasteiger partial charge in [0, 0.05) is 6.54 Å². The van der Waals surface area contributed by atoms with Crippen LogP contribution in [0.3, 0.4) is 0 Å². The Balaban J connectivity index is 2.94. The van der Waals surface area contributed by atoms with Gasteiger partial charge in [0.2, 0.25) is 0 Å². The Bertz CT molecular complexity index is 649. The van der Waals surface area contributed by atoms with Gasteiger partial charge < -0.3 is 10.4 Å². The Morgan fingerprint density at radius 1 is 0.706 bits per heavy atom. The van der Waals surface area contributed by atoms with E-state index in [1.807, 2.05) is 0 Å². The first-order valence-electron chi connectivity index (χ1n) is 12.4. The van der Waals surface area contributed by atoms with Gasteiger partial charge in [-0.2, -0.15) is 0 Å². The van der Waals surface area contributed by atoms with Crippen molar-refractivity contribution in [1.82, 2.24) is 5.32 Å². The van der Waals surface area contributed by atoms with Crippen LogP contribution in [0.4, 0.5) is 4.79 Å². The van der Waals surface area contributed by atoms with Gasteiger partial charge in [-0.1, -0.05) is 36.5 Å². The lowest BCUT2D eigenvalue weighted by Gasteiger charge is -2.39. The molecule has 34 heavy (non-hydrogen) atoms. The Morgan fingerprint density at radius 2 is 1.09 bits per heavy atom. The smallest absolute Gasteiger partial charge is 0.404 e. The summed E-state index contributed by atoms with van der Waals surface area (Å²) in [6.45, 7) is 24.7. The van der Waals surface area contributed by atoms with Crippen molar-refractivity contribution in [3.05, 3.63) is 75.9 Å². The Kier molecular flexibility index (Phi) is 14.5. The molecule has 1 amide bonds. The first kappa shape index (κ1) is 30.4. The molecule has 3 atom stereocenters. The summed E-state index contributed by atoms with van der Waals surface area (Å²) in [5.41, 5.74) is 0. The van der Waals surface area contributed by atoms with Crippen molar-refractivity contribution >= 4 is 26.1 Å². The molecule has 0 aromatic carbocycles. The van der Waals surface area contributed by atoms with Crippen LogP contribution in [-0.2, 0) is 0 Å². The minimum atomic E-state index is -0.918. The molecule has 5 heteroatoms. The number of carbonyl (C=O) groups is 1. The zero-order chi connectivity index (χ0) is 25.5. The molecule has 0 aromatic rings. The highest BCUT2D eigenvalue weighted by Gasteiger charge is 2.36. The zero-order valence-electron chi connectivity index (χ0n) is 21.3. The highest BCUT2D eigenvalue weighted by molar-refractivity contribution is 8.34. The molecule has 0 spiro atoms. The summed E-state index contributed by atoms with van der Waals surface area (Å²) in [5.74, 6) is 10.3. The number of rotatable bonds is 20. The van der Waals surface area contributed by atoms with Gasteiger partial charge in [0.15, 0.2) is 0 Å². The Morgan fingerprint density at radius 3 is 1.47 bits per heavy atom. The third kappa shape index (κ3) is 9.95. The predicted octanol–water partition coefficient (Wildman–Crippen LogP) is 7.40. The lowest BCUT2D eigenvalue weighted by Crippen LogP contribution is -2.30. The summed E-state index contributed by atoms with van der Waals surface area (Å²) in [6.07, 6.45) is 16.1. The van der Waals surface area contributed by atoms with E-state index in [1.165, 1.54) is 24.3 Å². The third-order valence-electron chi connectivity index (χ3n) is 7.16. The van der Waals surface area contributed by atoms with Crippen molar-refractivity contribution in [2.75, 3.05) is 52.6 Å². The van der Waals surface area contributed by atoms with Gasteiger partial charge in [0.1, 0.15) is 0 Å². The van der Waals surface area contributed by atoms with Crippen LogP contribution in [0.15, 0.2) is 75.9 Å². The lowest BCUT2D eigenvalue weighted by atomic mass is 9.93. The fraction of sp³-hybridized carbons (Fsp3) is 0.552. The predicted molar refractivity (Wildman–Crippen MR) is 160 cm³/mol. The van der Waals surface area contributed by atoms with Crippen LogP contribution in [0.2, 0.25) is 0 Å². The SMILES string of the molecule is C=CCS(CC=C)(CC=C)CCC1CC(CCS(CC=C)(CC=C)CC=C)C(CNC(=O)O)C1. The van der Waals surface area contributed by atoms with Crippen LogP contribution >= 0.6 is 20.1 Å². The van der Waals surface area contributed by atoms with Crippen molar-refractivity contribution in [2.45, 2.75) is 25.7 Å². The first-order chi connectivity index (χ1) is 16.3. The summed E-state index contributed by atoms with van der Waals surface area (Å²) in [6, 6.07) is 0. The molecular formula is C29H49NO2S2. The van der Waals surface area contributed by atoms with Crippen LogP contribution in [0.5, 0.6) is 0 Å². The van der Waals surface area contributed by atoms with Gasteiger partial charge in [0.05, 0.1) is 0 Å². The normalized spacial score (nSPS) is 21.2. The van der Waals surface area contributed by atoms with Crippen LogP contribution in [0.1, 0.15) is 25.7 Å². The summed E-state index contributed by atoms with van der Waals surface area (Å²) >= 11 is 0. The summed E-state index contributed by atoms with van der Waals surface area (Å²) < 4.78 is 0. The zero-order valence-corrected chi connectivity index (χ0v) is 22.9. The maximum atomic E-state index is 11.2. The monoisotopic (exact) mass is 507 g/mol. The Hall–Kier alpha value is -1.59. The summed E-state index contributed by atoms with van der Waals surface area (Å²) in [7, 11) is -1.73. The van der Waals surface area contributed by atoms with Crippen molar-refractivity contribution in [2.24, 2.45) is 17.8 Å². The largest absolute Gasteiger partial charge is 0.465 e. The summed E-state index contributed by atoms with van der Waals surface area (Å²) in [5, 5.41) is 11.9. The second-order valence-electron chi connectivity index (χ2n) is 9.71. The van der Waals surface area contributed by atoms with E-state index >= 15 is 0 Å². The van der Waals surface area contributed by atoms with E-state index < -0.39 is 26.1 Å². The number of hydrogen-bond donors (Lipinski definition) is 2. The van der Waals surface area contributed by atoms with E-state index in [0.29, 0.717) is 24.3 Å². The molecule has 0 saturated heterocycles. The molecule has 1 rings (SSSR count). The van der Waals surface area contributed by atoms with Gasteiger partial charge in [-0.3, -0.25) is 0 Å². The van der Waals surface area contributed by atoms with E-state index in [2.05, 4.69) is 81.2 Å². The third-order valence-corrected chi connectivity index (χ3v) is 15.0. The topological polar surface area (TPSA) is 49.3 Å². The van der Waals surface area contributed by atoms with Crippen molar-refractivity contribution < 1.29 is 9.90 Å². The van der Waals surface area contributed by atoms with Gasteiger partial charge in [0.25, 0.3) is 0 Å². The number of amides is 1. The van der Waals surface area contributed by atoms with Gasteiger partial charge in [-0.05, 0) is 89.5 Å². The molecule has 3 nitrogen and oxygen atoms in total. The lowest BCUT2D eigenvalue weighted by molar-refractivity contribution is 0.190. The molecule has 0 heterocycles. The van der Waals surface area contributed by atoms with E-state index in [1.54, 1.807) is 0 Å². The molecule has 1 saturated carbocycles. The molecule has 1 aliphatic carbocycles. The minimum absolute atomic E-state index is 0.414. The van der Waals surface area contributed by atoms with Crippen molar-refractivity contribution in [3.63, 3.8) is 0 Å².